The van der Waals surface area contributed by atoms with Gasteiger partial charge in [0.25, 0.3) is 0 Å². The second-order valence-electron chi connectivity index (χ2n) is 16.2. The number of rotatable bonds is 34. The third-order valence-corrected chi connectivity index (χ3v) is 11.0. The second-order valence-corrected chi connectivity index (χ2v) is 16.2. The number of aliphatic hydroxyl groups excluding tert-OH is 7. The zero-order chi connectivity index (χ0) is 43.3. The van der Waals surface area contributed by atoms with Gasteiger partial charge in [-0.1, -0.05) is 122 Å². The van der Waals surface area contributed by atoms with Crippen molar-refractivity contribution in [2.75, 3.05) is 26.4 Å². The largest absolute Gasteiger partial charge is 0.462 e. The molecule has 2 saturated heterocycles. The molecular weight excluding hydrogens is 768 g/mol. The summed E-state index contributed by atoms with van der Waals surface area (Å²) in [7, 11) is 0. The van der Waals surface area contributed by atoms with Crippen molar-refractivity contribution in [3.8, 4) is 0 Å². The van der Waals surface area contributed by atoms with Gasteiger partial charge in [0.05, 0.1) is 19.8 Å². The van der Waals surface area contributed by atoms with Gasteiger partial charge in [-0.25, -0.2) is 0 Å². The molecule has 346 valence electrons. The zero-order valence-electron chi connectivity index (χ0n) is 36.0. The Morgan fingerprint density at radius 2 is 0.966 bits per heavy atom. The molecule has 4 unspecified atom stereocenters. The van der Waals surface area contributed by atoms with E-state index in [0.29, 0.717) is 12.8 Å². The number of hydrogen-bond donors (Lipinski definition) is 7. The topological polar surface area (TPSA) is 231 Å². The van der Waals surface area contributed by atoms with Gasteiger partial charge in [0.1, 0.15) is 55.4 Å². The molecule has 11 atom stereocenters. The maximum Gasteiger partial charge on any atom is 0.306 e. The lowest BCUT2D eigenvalue weighted by molar-refractivity contribution is -0.332. The molecule has 0 aliphatic carbocycles. The highest BCUT2D eigenvalue weighted by Gasteiger charge is 2.47. The number of aliphatic hydroxyl groups is 7. The molecule has 2 aliphatic heterocycles. The van der Waals surface area contributed by atoms with E-state index in [-0.39, 0.29) is 26.1 Å². The Kier molecular flexibility index (Phi) is 29.8. The van der Waals surface area contributed by atoms with E-state index in [1.54, 1.807) is 0 Å². The summed E-state index contributed by atoms with van der Waals surface area (Å²) in [6.07, 6.45) is 11.4. The SMILES string of the molecule is CCCCCCCCCCC/C=C/CCCCC(=O)O[C@H](COC(=O)CCCCCCCCCC)CO[C@@H]1O[C@H](CO[C@@H]2O[C@H](CO)[C@H](O)C(O)C2O)[C@H](O)C(O)C1O. The normalized spacial score (nSPS) is 27.9. The first kappa shape index (κ1) is 53.4. The van der Waals surface area contributed by atoms with Crippen LogP contribution in [0.1, 0.15) is 162 Å². The van der Waals surface area contributed by atoms with Crippen molar-refractivity contribution in [1.29, 1.82) is 0 Å². The van der Waals surface area contributed by atoms with Crippen LogP contribution in [0.4, 0.5) is 0 Å². The molecule has 2 fully saturated rings. The van der Waals surface area contributed by atoms with Crippen molar-refractivity contribution in [2.24, 2.45) is 0 Å². The Morgan fingerprint density at radius 1 is 0.525 bits per heavy atom. The lowest BCUT2D eigenvalue weighted by Gasteiger charge is -2.42. The summed E-state index contributed by atoms with van der Waals surface area (Å²) in [5, 5.41) is 71.7. The average molecular weight is 849 g/mol. The van der Waals surface area contributed by atoms with E-state index in [2.05, 4.69) is 26.0 Å². The lowest BCUT2D eigenvalue weighted by atomic mass is 9.98. The zero-order valence-corrected chi connectivity index (χ0v) is 36.0. The van der Waals surface area contributed by atoms with E-state index in [4.69, 9.17) is 28.4 Å². The Hall–Kier alpha value is -1.76. The molecule has 15 nitrogen and oxygen atoms in total. The van der Waals surface area contributed by atoms with Crippen molar-refractivity contribution in [3.05, 3.63) is 12.2 Å². The van der Waals surface area contributed by atoms with E-state index in [1.807, 2.05) is 0 Å². The first-order chi connectivity index (χ1) is 28.5. The molecule has 15 heteroatoms. The molecule has 0 aromatic carbocycles. The molecule has 0 amide bonds. The summed E-state index contributed by atoms with van der Waals surface area (Å²) in [6, 6.07) is 0. The first-order valence-electron chi connectivity index (χ1n) is 22.8. The predicted molar refractivity (Wildman–Crippen MR) is 220 cm³/mol. The van der Waals surface area contributed by atoms with Crippen molar-refractivity contribution in [1.82, 2.24) is 0 Å². The van der Waals surface area contributed by atoms with Crippen LogP contribution in [0.15, 0.2) is 12.2 Å². The van der Waals surface area contributed by atoms with Gasteiger partial charge >= 0.3 is 11.9 Å². The van der Waals surface area contributed by atoms with E-state index in [9.17, 15) is 45.3 Å². The monoisotopic (exact) mass is 849 g/mol. The van der Waals surface area contributed by atoms with Crippen molar-refractivity contribution < 1.29 is 73.8 Å². The number of esters is 2. The molecule has 7 N–H and O–H groups in total. The Balaban J connectivity index is 1.85. The molecule has 0 saturated carbocycles. The van der Waals surface area contributed by atoms with Crippen LogP contribution >= 0.6 is 0 Å². The Bertz CT molecular complexity index is 1090. The van der Waals surface area contributed by atoms with E-state index in [1.165, 1.54) is 83.5 Å². The summed E-state index contributed by atoms with van der Waals surface area (Å²) in [4.78, 5) is 25.5. The summed E-state index contributed by atoms with van der Waals surface area (Å²) >= 11 is 0. The number of carbonyl (C=O) groups excluding carboxylic acids is 2. The lowest BCUT2D eigenvalue weighted by Crippen LogP contribution is -2.61. The van der Waals surface area contributed by atoms with Gasteiger partial charge in [0.15, 0.2) is 18.7 Å². The summed E-state index contributed by atoms with van der Waals surface area (Å²) < 4.78 is 33.4. The van der Waals surface area contributed by atoms with Crippen LogP contribution in [-0.2, 0) is 38.0 Å². The first-order valence-corrected chi connectivity index (χ1v) is 22.8. The maximum absolute atomic E-state index is 12.9. The second kappa shape index (κ2) is 32.9. The van der Waals surface area contributed by atoms with Gasteiger partial charge in [-0.2, -0.15) is 0 Å². The Morgan fingerprint density at radius 3 is 1.53 bits per heavy atom. The third-order valence-electron chi connectivity index (χ3n) is 11.0. The highest BCUT2D eigenvalue weighted by molar-refractivity contribution is 5.70. The van der Waals surface area contributed by atoms with E-state index < -0.39 is 92.7 Å². The minimum Gasteiger partial charge on any atom is -0.462 e. The standard InChI is InChI=1S/C44H80O15/c1-3-5-7-9-11-13-14-15-16-17-18-19-21-23-25-27-36(47)57-32(29-54-35(46)26-24-22-20-12-10-8-6-4-2)30-55-43-42(53)40(51)38(49)34(59-43)31-56-44-41(52)39(50)37(48)33(28-45)58-44/h18-19,32-34,37-45,48-53H,3-17,20-31H2,1-2H3/b19-18+/t32-,33-,34-,37+,38+,39?,40?,41?,42?,43-,44-/m1/s1. The van der Waals surface area contributed by atoms with Crippen molar-refractivity contribution >= 4 is 11.9 Å². The van der Waals surface area contributed by atoms with Gasteiger partial charge < -0.3 is 64.2 Å². The van der Waals surface area contributed by atoms with Crippen LogP contribution in [0, 0.1) is 0 Å². The van der Waals surface area contributed by atoms with Gasteiger partial charge in [0.2, 0.25) is 0 Å². The number of ether oxygens (including phenoxy) is 6. The molecule has 0 bridgehead atoms. The molecule has 0 spiro atoms. The molecule has 2 rings (SSSR count). The van der Waals surface area contributed by atoms with Gasteiger partial charge in [-0.3, -0.25) is 9.59 Å². The highest BCUT2D eigenvalue weighted by Crippen LogP contribution is 2.26. The highest BCUT2D eigenvalue weighted by atomic mass is 16.7. The fourth-order valence-electron chi connectivity index (χ4n) is 7.15. The fourth-order valence-corrected chi connectivity index (χ4v) is 7.15. The van der Waals surface area contributed by atoms with Crippen molar-refractivity contribution in [3.63, 3.8) is 0 Å². The Labute approximate surface area is 352 Å². The van der Waals surface area contributed by atoms with Crippen LogP contribution in [0.25, 0.3) is 0 Å². The van der Waals surface area contributed by atoms with Crippen LogP contribution in [0.2, 0.25) is 0 Å². The minimum absolute atomic E-state index is 0.139. The molecule has 2 heterocycles. The molecule has 0 radical (unpaired) electrons. The fraction of sp³-hybridized carbons (Fsp3) is 0.909. The summed E-state index contributed by atoms with van der Waals surface area (Å²) in [6.45, 7) is 2.52. The molecule has 0 aromatic heterocycles. The number of hydrogen-bond acceptors (Lipinski definition) is 15. The molecular formula is C44H80O15. The van der Waals surface area contributed by atoms with E-state index >= 15 is 0 Å². The van der Waals surface area contributed by atoms with Crippen LogP contribution in [-0.4, -0.2) is 142 Å². The average Bonchev–Trinajstić information content (AvgIpc) is 3.23. The molecule has 2 aliphatic rings. The van der Waals surface area contributed by atoms with Crippen molar-refractivity contribution in [2.45, 2.75) is 229 Å². The number of unbranched alkanes of at least 4 members (excludes halogenated alkanes) is 18. The maximum atomic E-state index is 12.9. The predicted octanol–water partition coefficient (Wildman–Crippen LogP) is 4.65. The number of carbonyl (C=O) groups is 2. The van der Waals surface area contributed by atoms with Gasteiger partial charge in [0, 0.05) is 12.8 Å². The van der Waals surface area contributed by atoms with Crippen LogP contribution in [0.3, 0.4) is 0 Å². The van der Waals surface area contributed by atoms with Gasteiger partial charge in [-0.05, 0) is 38.5 Å². The molecule has 59 heavy (non-hydrogen) atoms. The summed E-state index contributed by atoms with van der Waals surface area (Å²) in [5.41, 5.74) is 0. The smallest absolute Gasteiger partial charge is 0.306 e. The third kappa shape index (κ3) is 22.2. The van der Waals surface area contributed by atoms with Crippen LogP contribution in [0.5, 0.6) is 0 Å². The quantitative estimate of drug-likeness (QED) is 0.0266. The molecule has 0 aromatic rings. The van der Waals surface area contributed by atoms with Crippen LogP contribution < -0.4 is 0 Å². The van der Waals surface area contributed by atoms with E-state index in [0.717, 1.165) is 38.5 Å². The summed E-state index contributed by atoms with van der Waals surface area (Å²) in [5.74, 6) is -0.952. The number of allylic oxidation sites excluding steroid dienone is 2. The minimum atomic E-state index is -1.76. The van der Waals surface area contributed by atoms with Gasteiger partial charge in [-0.15, -0.1) is 0 Å².